The van der Waals surface area contributed by atoms with E-state index in [1.165, 1.54) is 12.1 Å². The lowest BCUT2D eigenvalue weighted by Crippen LogP contribution is -2.62. The Hall–Kier alpha value is -2.40. The fourth-order valence-corrected chi connectivity index (χ4v) is 4.19. The van der Waals surface area contributed by atoms with Gasteiger partial charge in [0, 0.05) is 22.7 Å². The summed E-state index contributed by atoms with van der Waals surface area (Å²) in [5.74, 6) is 0.289. The fourth-order valence-electron chi connectivity index (χ4n) is 4.19. The molecule has 1 saturated heterocycles. The molecule has 1 amide bonds. The molecular formula is C23H29FN2O2. The molecule has 0 aliphatic carbocycles. The van der Waals surface area contributed by atoms with Crippen molar-refractivity contribution >= 4 is 5.91 Å². The lowest BCUT2D eigenvalue weighted by Gasteiger charge is -2.46. The first-order valence-electron chi connectivity index (χ1n) is 9.69. The normalized spacial score (nSPS) is 18.5. The van der Waals surface area contributed by atoms with Crippen molar-refractivity contribution in [2.75, 3.05) is 0 Å². The number of carbonyl (C=O) groups is 1. The molecule has 0 unspecified atom stereocenters. The highest BCUT2D eigenvalue weighted by atomic mass is 19.1. The van der Waals surface area contributed by atoms with E-state index < -0.39 is 0 Å². The van der Waals surface area contributed by atoms with Gasteiger partial charge in [0.05, 0.1) is 0 Å². The Balaban J connectivity index is 1.57. The van der Waals surface area contributed by atoms with Gasteiger partial charge in [0.1, 0.15) is 18.2 Å². The molecule has 0 radical (unpaired) electrons. The van der Waals surface area contributed by atoms with Crippen molar-refractivity contribution in [1.29, 1.82) is 0 Å². The Labute approximate surface area is 166 Å². The van der Waals surface area contributed by atoms with E-state index in [1.807, 2.05) is 6.07 Å². The van der Waals surface area contributed by atoms with Crippen LogP contribution in [0.1, 0.15) is 56.5 Å². The van der Waals surface area contributed by atoms with Gasteiger partial charge >= 0.3 is 0 Å². The van der Waals surface area contributed by atoms with Gasteiger partial charge in [0.2, 0.25) is 0 Å². The second kappa shape index (κ2) is 7.92. The third kappa shape index (κ3) is 5.55. The molecule has 0 spiro atoms. The summed E-state index contributed by atoms with van der Waals surface area (Å²) in [6, 6.07) is 13.5. The molecule has 0 saturated carbocycles. The summed E-state index contributed by atoms with van der Waals surface area (Å²) in [5.41, 5.74) is 1.33. The first-order valence-corrected chi connectivity index (χ1v) is 9.69. The van der Waals surface area contributed by atoms with Gasteiger partial charge in [-0.1, -0.05) is 12.1 Å². The van der Waals surface area contributed by atoms with E-state index in [4.69, 9.17) is 4.74 Å². The molecule has 5 heteroatoms. The van der Waals surface area contributed by atoms with E-state index in [0.29, 0.717) is 11.3 Å². The largest absolute Gasteiger partial charge is 0.489 e. The van der Waals surface area contributed by atoms with E-state index >= 15 is 0 Å². The highest BCUT2D eigenvalue weighted by Gasteiger charge is 2.38. The van der Waals surface area contributed by atoms with E-state index in [9.17, 15) is 9.18 Å². The molecule has 3 rings (SSSR count). The topological polar surface area (TPSA) is 50.4 Å². The fraction of sp³-hybridized carbons (Fsp3) is 0.435. The van der Waals surface area contributed by atoms with Crippen LogP contribution in [-0.4, -0.2) is 23.0 Å². The van der Waals surface area contributed by atoms with Crippen LogP contribution < -0.4 is 15.4 Å². The number of halogens is 1. The number of carbonyl (C=O) groups excluding carboxylic acids is 1. The number of hydrogen-bond donors (Lipinski definition) is 2. The predicted molar refractivity (Wildman–Crippen MR) is 109 cm³/mol. The van der Waals surface area contributed by atoms with Crippen molar-refractivity contribution in [2.45, 2.75) is 64.3 Å². The maximum absolute atomic E-state index is 13.2. The quantitative estimate of drug-likeness (QED) is 0.801. The van der Waals surface area contributed by atoms with Gasteiger partial charge in [-0.25, -0.2) is 4.39 Å². The summed E-state index contributed by atoms with van der Waals surface area (Å²) < 4.78 is 18.9. The molecule has 1 fully saturated rings. The summed E-state index contributed by atoms with van der Waals surface area (Å²) in [7, 11) is 0. The average Bonchev–Trinajstić information content (AvgIpc) is 2.57. The predicted octanol–water partition coefficient (Wildman–Crippen LogP) is 4.44. The van der Waals surface area contributed by atoms with Crippen LogP contribution in [0.4, 0.5) is 4.39 Å². The summed E-state index contributed by atoms with van der Waals surface area (Å²) in [6.07, 6.45) is 1.77. The van der Waals surface area contributed by atoms with Gasteiger partial charge in [0.15, 0.2) is 0 Å². The van der Waals surface area contributed by atoms with Gasteiger partial charge in [-0.3, -0.25) is 4.79 Å². The maximum atomic E-state index is 13.2. The summed E-state index contributed by atoms with van der Waals surface area (Å²) >= 11 is 0. The molecule has 150 valence electrons. The van der Waals surface area contributed by atoms with Crippen LogP contribution >= 0.6 is 0 Å². The lowest BCUT2D eigenvalue weighted by molar-refractivity contribution is 0.0873. The number of nitrogens with one attached hydrogen (secondary N) is 2. The second-order valence-electron chi connectivity index (χ2n) is 8.91. The first kappa shape index (κ1) is 20.3. The molecule has 1 heterocycles. The molecule has 2 aromatic carbocycles. The average molecular weight is 384 g/mol. The van der Waals surface area contributed by atoms with Crippen molar-refractivity contribution in [3.05, 3.63) is 65.5 Å². The van der Waals surface area contributed by atoms with Crippen molar-refractivity contribution < 1.29 is 13.9 Å². The number of ether oxygens (including phenoxy) is 1. The lowest BCUT2D eigenvalue weighted by atomic mass is 9.79. The Morgan fingerprint density at radius 2 is 1.75 bits per heavy atom. The third-order valence-electron chi connectivity index (χ3n) is 4.94. The van der Waals surface area contributed by atoms with Crippen molar-refractivity contribution in [3.63, 3.8) is 0 Å². The number of amides is 1. The monoisotopic (exact) mass is 384 g/mol. The Kier molecular flexibility index (Phi) is 5.75. The number of hydrogen-bond acceptors (Lipinski definition) is 3. The smallest absolute Gasteiger partial charge is 0.251 e. The van der Waals surface area contributed by atoms with Gasteiger partial charge in [-0.05, 0) is 82.5 Å². The zero-order chi connectivity index (χ0) is 20.4. The molecule has 1 aliphatic heterocycles. The van der Waals surface area contributed by atoms with Crippen molar-refractivity contribution in [3.8, 4) is 5.75 Å². The molecule has 0 bridgehead atoms. The Morgan fingerprint density at radius 3 is 2.36 bits per heavy atom. The van der Waals surface area contributed by atoms with Crippen LogP contribution in [0.3, 0.4) is 0 Å². The van der Waals surface area contributed by atoms with Gasteiger partial charge in [0.25, 0.3) is 5.91 Å². The van der Waals surface area contributed by atoms with Crippen LogP contribution in [0.25, 0.3) is 0 Å². The highest BCUT2D eigenvalue weighted by molar-refractivity contribution is 5.94. The molecule has 2 N–H and O–H groups in total. The number of piperidine rings is 1. The summed E-state index contributed by atoms with van der Waals surface area (Å²) in [5, 5.41) is 6.79. The van der Waals surface area contributed by atoms with Crippen molar-refractivity contribution in [2.24, 2.45) is 0 Å². The van der Waals surface area contributed by atoms with E-state index in [0.717, 1.165) is 18.4 Å². The maximum Gasteiger partial charge on any atom is 0.251 e. The highest BCUT2D eigenvalue weighted by Crippen LogP contribution is 2.28. The van der Waals surface area contributed by atoms with Gasteiger partial charge in [-0.15, -0.1) is 0 Å². The van der Waals surface area contributed by atoms with Crippen LogP contribution in [0.15, 0.2) is 48.5 Å². The van der Waals surface area contributed by atoms with Crippen LogP contribution in [-0.2, 0) is 6.61 Å². The van der Waals surface area contributed by atoms with Gasteiger partial charge in [-0.2, -0.15) is 0 Å². The standard InChI is InChI=1S/C23H29FN2O2/c1-22(2)13-19(14-23(3,4)26-22)25-21(27)17-8-10-20(11-9-17)28-15-16-6-5-7-18(24)12-16/h5-12,19,26H,13-15H2,1-4H3,(H,25,27). The Morgan fingerprint density at radius 1 is 1.11 bits per heavy atom. The first-order chi connectivity index (χ1) is 13.1. The summed E-state index contributed by atoms with van der Waals surface area (Å²) in [6.45, 7) is 8.94. The summed E-state index contributed by atoms with van der Waals surface area (Å²) in [4.78, 5) is 12.6. The van der Waals surface area contributed by atoms with E-state index in [1.54, 1.807) is 30.3 Å². The van der Waals surface area contributed by atoms with Crippen LogP contribution in [0, 0.1) is 5.82 Å². The minimum atomic E-state index is -0.280. The molecule has 28 heavy (non-hydrogen) atoms. The molecule has 0 aromatic heterocycles. The Bertz CT molecular complexity index is 815. The molecule has 0 atom stereocenters. The number of rotatable bonds is 5. The van der Waals surface area contributed by atoms with E-state index in [-0.39, 0.29) is 35.5 Å². The number of benzene rings is 2. The SMILES string of the molecule is CC1(C)CC(NC(=O)c2ccc(OCc3cccc(F)c3)cc2)CC(C)(C)N1. The zero-order valence-electron chi connectivity index (χ0n) is 17.0. The zero-order valence-corrected chi connectivity index (χ0v) is 17.0. The third-order valence-corrected chi connectivity index (χ3v) is 4.94. The minimum absolute atomic E-state index is 0.0195. The molecule has 1 aliphatic rings. The van der Waals surface area contributed by atoms with Crippen LogP contribution in [0.2, 0.25) is 0 Å². The van der Waals surface area contributed by atoms with Gasteiger partial charge < -0.3 is 15.4 Å². The minimum Gasteiger partial charge on any atom is -0.489 e. The van der Waals surface area contributed by atoms with E-state index in [2.05, 4.69) is 38.3 Å². The van der Waals surface area contributed by atoms with Crippen molar-refractivity contribution in [1.82, 2.24) is 10.6 Å². The van der Waals surface area contributed by atoms with Crippen LogP contribution in [0.5, 0.6) is 5.75 Å². The second-order valence-corrected chi connectivity index (χ2v) is 8.91. The molecular weight excluding hydrogens is 355 g/mol. The molecule has 2 aromatic rings. The molecule has 4 nitrogen and oxygen atoms in total.